The van der Waals surface area contributed by atoms with Crippen LogP contribution in [-0.2, 0) is 15.7 Å². The van der Waals surface area contributed by atoms with E-state index in [0.29, 0.717) is 43.1 Å². The topological polar surface area (TPSA) is 73.6 Å². The summed E-state index contributed by atoms with van der Waals surface area (Å²) in [5.41, 5.74) is 0.0424. The molecule has 0 atom stereocenters. The van der Waals surface area contributed by atoms with Gasteiger partial charge >= 0.3 is 6.18 Å². The highest BCUT2D eigenvalue weighted by Crippen LogP contribution is 2.27. The number of aromatic nitrogens is 4. The fraction of sp³-hybridized carbons (Fsp3) is 0.583. The van der Waals surface area contributed by atoms with Crippen molar-refractivity contribution in [1.29, 1.82) is 0 Å². The summed E-state index contributed by atoms with van der Waals surface area (Å²) in [6.07, 6.45) is -3.90. The van der Waals surface area contributed by atoms with E-state index in [2.05, 4.69) is 20.6 Å². The highest BCUT2D eigenvalue weighted by atomic mass is 19.4. The van der Waals surface area contributed by atoms with E-state index in [-0.39, 0.29) is 5.65 Å². The van der Waals surface area contributed by atoms with Gasteiger partial charge in [0.2, 0.25) is 0 Å². The van der Waals surface area contributed by atoms with Crippen LogP contribution < -0.4 is 5.32 Å². The van der Waals surface area contributed by atoms with Crippen LogP contribution in [0.3, 0.4) is 0 Å². The van der Waals surface area contributed by atoms with Gasteiger partial charge in [-0.1, -0.05) is 0 Å². The van der Waals surface area contributed by atoms with Gasteiger partial charge in [0.05, 0.1) is 13.2 Å². The minimum absolute atomic E-state index is 0.0424. The van der Waals surface area contributed by atoms with E-state index in [0.717, 1.165) is 0 Å². The standard InChI is InChI=1S/C12H16F3N5O2/c1-21-7-8-22-6-2-5-16-9-3-4-10-17-18-11(12(13,14)15)20(10)19-9/h3-4H,2,5-8H2,1H3,(H,16,19). The maximum Gasteiger partial charge on any atom is 0.453 e. The quantitative estimate of drug-likeness (QED) is 0.745. The lowest BCUT2D eigenvalue weighted by molar-refractivity contribution is -0.146. The Kier molecular flexibility index (Phi) is 5.50. The second-order valence-electron chi connectivity index (χ2n) is 4.40. The number of hydrogen-bond donors (Lipinski definition) is 1. The van der Waals surface area contributed by atoms with E-state index >= 15 is 0 Å². The number of methoxy groups -OCH3 is 1. The van der Waals surface area contributed by atoms with Crippen molar-refractivity contribution in [2.75, 3.05) is 38.8 Å². The molecule has 1 N–H and O–H groups in total. The molecule has 0 saturated carbocycles. The Hall–Kier alpha value is -1.94. The van der Waals surface area contributed by atoms with Crippen LogP contribution in [0.4, 0.5) is 19.0 Å². The Morgan fingerprint density at radius 1 is 1.18 bits per heavy atom. The van der Waals surface area contributed by atoms with E-state index in [1.807, 2.05) is 0 Å². The first-order valence-corrected chi connectivity index (χ1v) is 6.62. The minimum atomic E-state index is -4.60. The van der Waals surface area contributed by atoms with Gasteiger partial charge in [0.1, 0.15) is 5.82 Å². The number of nitrogens with zero attached hydrogens (tertiary/aromatic N) is 4. The first-order valence-electron chi connectivity index (χ1n) is 6.62. The van der Waals surface area contributed by atoms with Gasteiger partial charge in [0, 0.05) is 20.3 Å². The summed E-state index contributed by atoms with van der Waals surface area (Å²) in [5.74, 6) is -0.830. The summed E-state index contributed by atoms with van der Waals surface area (Å²) in [5, 5.41) is 13.3. The van der Waals surface area contributed by atoms with Gasteiger partial charge in [0.15, 0.2) is 5.65 Å². The molecule has 10 heteroatoms. The first kappa shape index (κ1) is 16.4. The molecule has 0 unspecified atom stereocenters. The van der Waals surface area contributed by atoms with Gasteiger partial charge < -0.3 is 14.8 Å². The molecule has 0 saturated heterocycles. The molecule has 0 aliphatic rings. The van der Waals surface area contributed by atoms with E-state index in [1.54, 1.807) is 13.2 Å². The number of fused-ring (bicyclic) bond motifs is 1. The van der Waals surface area contributed by atoms with Crippen molar-refractivity contribution in [1.82, 2.24) is 19.8 Å². The number of alkyl halides is 3. The van der Waals surface area contributed by atoms with Crippen LogP contribution in [0.15, 0.2) is 12.1 Å². The van der Waals surface area contributed by atoms with Crippen molar-refractivity contribution < 1.29 is 22.6 Å². The molecular formula is C12H16F3N5O2. The maximum atomic E-state index is 12.7. The summed E-state index contributed by atoms with van der Waals surface area (Å²) < 4.78 is 49.0. The summed E-state index contributed by atoms with van der Waals surface area (Å²) >= 11 is 0. The van der Waals surface area contributed by atoms with Crippen molar-refractivity contribution >= 4 is 11.5 Å². The lowest BCUT2D eigenvalue weighted by atomic mass is 10.4. The molecule has 0 bridgehead atoms. The monoisotopic (exact) mass is 319 g/mol. The second-order valence-corrected chi connectivity index (χ2v) is 4.40. The van der Waals surface area contributed by atoms with Crippen molar-refractivity contribution in [3.63, 3.8) is 0 Å². The fourth-order valence-electron chi connectivity index (χ4n) is 1.69. The van der Waals surface area contributed by atoms with Gasteiger partial charge in [-0.2, -0.15) is 17.7 Å². The highest BCUT2D eigenvalue weighted by molar-refractivity contribution is 5.44. The predicted octanol–water partition coefficient (Wildman–Crippen LogP) is 1.61. The number of rotatable bonds is 8. The average molecular weight is 319 g/mol. The predicted molar refractivity (Wildman–Crippen MR) is 71.6 cm³/mol. The van der Waals surface area contributed by atoms with Gasteiger partial charge in [0.25, 0.3) is 5.82 Å². The smallest absolute Gasteiger partial charge is 0.382 e. The van der Waals surface area contributed by atoms with Gasteiger partial charge in [-0.15, -0.1) is 15.3 Å². The molecule has 0 fully saturated rings. The largest absolute Gasteiger partial charge is 0.453 e. The molecule has 22 heavy (non-hydrogen) atoms. The van der Waals surface area contributed by atoms with E-state index in [4.69, 9.17) is 9.47 Å². The van der Waals surface area contributed by atoms with Crippen LogP contribution in [0.25, 0.3) is 5.65 Å². The number of anilines is 1. The SMILES string of the molecule is COCCOCCCNc1ccc2nnc(C(F)(F)F)n2n1. The number of halogens is 3. The van der Waals surface area contributed by atoms with Crippen LogP contribution in [0.1, 0.15) is 12.2 Å². The molecule has 0 spiro atoms. The molecule has 2 heterocycles. The third kappa shape index (κ3) is 4.28. The molecule has 7 nitrogen and oxygen atoms in total. The Bertz CT molecular complexity index is 602. The van der Waals surface area contributed by atoms with Crippen molar-refractivity contribution in [2.45, 2.75) is 12.6 Å². The minimum Gasteiger partial charge on any atom is -0.382 e. The zero-order valence-corrected chi connectivity index (χ0v) is 11.9. The molecular weight excluding hydrogens is 303 g/mol. The van der Waals surface area contributed by atoms with Crippen LogP contribution in [0, 0.1) is 0 Å². The average Bonchev–Trinajstić information content (AvgIpc) is 2.89. The molecule has 2 aromatic heterocycles. The van der Waals surface area contributed by atoms with E-state index in [1.165, 1.54) is 6.07 Å². The molecule has 0 aliphatic heterocycles. The Balaban J connectivity index is 1.89. The molecule has 122 valence electrons. The van der Waals surface area contributed by atoms with Crippen molar-refractivity contribution in [3.8, 4) is 0 Å². The molecule has 0 aliphatic carbocycles. The molecule has 2 aromatic rings. The fourth-order valence-corrected chi connectivity index (χ4v) is 1.69. The molecule has 2 rings (SSSR count). The van der Waals surface area contributed by atoms with Crippen LogP contribution in [0.5, 0.6) is 0 Å². The number of ether oxygens (including phenoxy) is 2. The summed E-state index contributed by atoms with van der Waals surface area (Å²) in [7, 11) is 1.59. The molecule has 0 aromatic carbocycles. The Labute approximate surface area is 124 Å². The zero-order chi connectivity index (χ0) is 16.0. The molecule has 0 radical (unpaired) electrons. The van der Waals surface area contributed by atoms with Crippen LogP contribution in [0.2, 0.25) is 0 Å². The van der Waals surface area contributed by atoms with Gasteiger partial charge in [-0.3, -0.25) is 0 Å². The Morgan fingerprint density at radius 2 is 2.00 bits per heavy atom. The van der Waals surface area contributed by atoms with E-state index in [9.17, 15) is 13.2 Å². The second kappa shape index (κ2) is 7.36. The first-order chi connectivity index (χ1) is 10.5. The maximum absolute atomic E-state index is 12.7. The zero-order valence-electron chi connectivity index (χ0n) is 11.9. The summed E-state index contributed by atoms with van der Waals surface area (Å²) in [6, 6.07) is 2.97. The van der Waals surface area contributed by atoms with Gasteiger partial charge in [-0.25, -0.2) is 0 Å². The normalized spacial score (nSPS) is 12.0. The summed E-state index contributed by atoms with van der Waals surface area (Å²) in [6.45, 7) is 2.09. The highest BCUT2D eigenvalue weighted by Gasteiger charge is 2.37. The van der Waals surface area contributed by atoms with Gasteiger partial charge in [-0.05, 0) is 18.6 Å². The van der Waals surface area contributed by atoms with Crippen molar-refractivity contribution in [3.05, 3.63) is 18.0 Å². The lowest BCUT2D eigenvalue weighted by Crippen LogP contribution is -2.14. The third-order valence-electron chi connectivity index (χ3n) is 2.72. The summed E-state index contributed by atoms with van der Waals surface area (Å²) in [4.78, 5) is 0. The van der Waals surface area contributed by atoms with Crippen LogP contribution in [-0.4, -0.2) is 53.3 Å². The lowest BCUT2D eigenvalue weighted by Gasteiger charge is -2.07. The Morgan fingerprint density at radius 3 is 2.73 bits per heavy atom. The van der Waals surface area contributed by atoms with Crippen LogP contribution >= 0.6 is 0 Å². The molecule has 0 amide bonds. The third-order valence-corrected chi connectivity index (χ3v) is 2.72. The van der Waals surface area contributed by atoms with Crippen molar-refractivity contribution in [2.24, 2.45) is 0 Å². The number of hydrogen-bond acceptors (Lipinski definition) is 6. The number of nitrogens with one attached hydrogen (secondary N) is 1. The van der Waals surface area contributed by atoms with E-state index < -0.39 is 12.0 Å².